The zero-order chi connectivity index (χ0) is 13.7. The van der Waals surface area contributed by atoms with Crippen LogP contribution in [-0.4, -0.2) is 61.0 Å². The van der Waals surface area contributed by atoms with Gasteiger partial charge >= 0.3 is 0 Å². The van der Waals surface area contributed by atoms with Crippen molar-refractivity contribution in [3.63, 3.8) is 0 Å². The quantitative estimate of drug-likeness (QED) is 0.679. The molecule has 19 heavy (non-hydrogen) atoms. The summed E-state index contributed by atoms with van der Waals surface area (Å²) in [7, 11) is 4.18. The van der Waals surface area contributed by atoms with Gasteiger partial charge in [0.15, 0.2) is 5.96 Å². The van der Waals surface area contributed by atoms with Crippen LogP contribution in [0.25, 0.3) is 0 Å². The van der Waals surface area contributed by atoms with Crippen molar-refractivity contribution in [1.29, 1.82) is 0 Å². The van der Waals surface area contributed by atoms with Crippen molar-refractivity contribution >= 4 is 29.1 Å². The minimum Gasteiger partial charge on any atom is -0.370 e. The second-order valence-electron chi connectivity index (χ2n) is 4.83. The van der Waals surface area contributed by atoms with Crippen LogP contribution in [0.2, 0.25) is 0 Å². The summed E-state index contributed by atoms with van der Waals surface area (Å²) in [5, 5.41) is 4.30. The first kappa shape index (κ1) is 14.7. The largest absolute Gasteiger partial charge is 0.370 e. The maximum Gasteiger partial charge on any atom is 0.191 e. The van der Waals surface area contributed by atoms with Gasteiger partial charge in [-0.1, -0.05) is 0 Å². The molecule has 6 heteroatoms. The first-order valence-electron chi connectivity index (χ1n) is 6.49. The molecule has 2 heterocycles. The number of nitrogens with two attached hydrogens (primary N) is 1. The Kier molecular flexibility index (Phi) is 5.54. The molecule has 2 N–H and O–H groups in total. The second kappa shape index (κ2) is 7.17. The molecule has 1 atom stereocenters. The average molecular weight is 298 g/mol. The van der Waals surface area contributed by atoms with E-state index >= 15 is 0 Å². The third-order valence-electron chi connectivity index (χ3n) is 3.31. The third-order valence-corrected chi connectivity index (χ3v) is 4.96. The number of aliphatic imine (C=N–C) groups is 1. The van der Waals surface area contributed by atoms with Crippen molar-refractivity contribution in [1.82, 2.24) is 9.80 Å². The smallest absolute Gasteiger partial charge is 0.191 e. The van der Waals surface area contributed by atoms with Gasteiger partial charge in [0.25, 0.3) is 0 Å². The lowest BCUT2D eigenvalue weighted by atomic mass is 10.1. The summed E-state index contributed by atoms with van der Waals surface area (Å²) in [5.41, 5.74) is 7.42. The lowest BCUT2D eigenvalue weighted by Gasteiger charge is -2.28. The molecule has 0 aliphatic carbocycles. The Morgan fingerprint density at radius 3 is 2.79 bits per heavy atom. The zero-order valence-corrected chi connectivity index (χ0v) is 13.2. The van der Waals surface area contributed by atoms with Gasteiger partial charge in [-0.25, -0.2) is 0 Å². The Balaban J connectivity index is 1.97. The van der Waals surface area contributed by atoms with Crippen LogP contribution in [0.3, 0.4) is 0 Å². The summed E-state index contributed by atoms with van der Waals surface area (Å²) in [5.74, 6) is 3.00. The zero-order valence-electron chi connectivity index (χ0n) is 11.6. The fourth-order valence-electron chi connectivity index (χ4n) is 2.10. The monoisotopic (exact) mass is 298 g/mol. The van der Waals surface area contributed by atoms with Gasteiger partial charge in [-0.3, -0.25) is 4.99 Å². The molecular formula is C13H22N4S2. The lowest BCUT2D eigenvalue weighted by Crippen LogP contribution is -2.43. The van der Waals surface area contributed by atoms with E-state index in [1.54, 1.807) is 11.3 Å². The molecule has 0 amide bonds. The summed E-state index contributed by atoms with van der Waals surface area (Å²) in [6.45, 7) is 2.76. The van der Waals surface area contributed by atoms with E-state index in [-0.39, 0.29) is 0 Å². The molecule has 1 saturated heterocycles. The first-order chi connectivity index (χ1) is 9.18. The molecule has 0 radical (unpaired) electrons. The van der Waals surface area contributed by atoms with Gasteiger partial charge in [-0.15, -0.1) is 0 Å². The minimum absolute atomic E-state index is 0.309. The Hall–Kier alpha value is -0.720. The number of hydrogen-bond acceptors (Lipinski definition) is 4. The van der Waals surface area contributed by atoms with Gasteiger partial charge in [0, 0.05) is 24.6 Å². The van der Waals surface area contributed by atoms with E-state index in [4.69, 9.17) is 5.73 Å². The van der Waals surface area contributed by atoms with E-state index in [9.17, 15) is 0 Å². The Labute approximate surface area is 123 Å². The highest BCUT2D eigenvalue weighted by atomic mass is 32.2. The predicted molar refractivity (Wildman–Crippen MR) is 86.1 cm³/mol. The molecule has 106 valence electrons. The summed E-state index contributed by atoms with van der Waals surface area (Å²) in [4.78, 5) is 8.99. The van der Waals surface area contributed by atoms with Crippen LogP contribution < -0.4 is 5.73 Å². The van der Waals surface area contributed by atoms with Crippen LogP contribution in [0.5, 0.6) is 0 Å². The van der Waals surface area contributed by atoms with Gasteiger partial charge in [0.2, 0.25) is 0 Å². The van der Waals surface area contributed by atoms with Gasteiger partial charge in [-0.2, -0.15) is 23.1 Å². The summed E-state index contributed by atoms with van der Waals surface area (Å²) < 4.78 is 0. The van der Waals surface area contributed by atoms with Crippen LogP contribution in [0.4, 0.5) is 0 Å². The van der Waals surface area contributed by atoms with E-state index in [0.717, 1.165) is 31.1 Å². The van der Waals surface area contributed by atoms with E-state index < -0.39 is 0 Å². The van der Waals surface area contributed by atoms with E-state index in [1.165, 1.54) is 5.56 Å². The summed E-state index contributed by atoms with van der Waals surface area (Å²) in [6, 6.07) is 2.47. The number of likely N-dealkylation sites (N-methyl/N-ethyl adjacent to an activating group) is 1. The van der Waals surface area contributed by atoms with E-state index in [0.29, 0.717) is 12.0 Å². The molecule has 4 nitrogen and oxygen atoms in total. The highest BCUT2D eigenvalue weighted by Crippen LogP contribution is 2.21. The maximum absolute atomic E-state index is 6.10. The standard InChI is InChI=1S/C13H22N4S2/c1-16(2)12(11-3-6-19-10-11)9-15-13(14)17-4-7-18-8-5-17/h3,6,10,12H,4-5,7-9H2,1-2H3,(H2,14,15). The third kappa shape index (κ3) is 4.12. The highest BCUT2D eigenvalue weighted by molar-refractivity contribution is 7.99. The van der Waals surface area contributed by atoms with Crippen molar-refractivity contribution in [2.75, 3.05) is 45.2 Å². The minimum atomic E-state index is 0.309. The van der Waals surface area contributed by atoms with Crippen molar-refractivity contribution in [2.45, 2.75) is 6.04 Å². The molecule has 1 aliphatic rings. The van der Waals surface area contributed by atoms with Crippen LogP contribution in [0.1, 0.15) is 11.6 Å². The second-order valence-corrected chi connectivity index (χ2v) is 6.84. The fraction of sp³-hybridized carbons (Fsp3) is 0.615. The molecule has 1 aromatic rings. The molecule has 0 bridgehead atoms. The van der Waals surface area contributed by atoms with Gasteiger partial charge < -0.3 is 15.5 Å². The Morgan fingerprint density at radius 1 is 1.47 bits per heavy atom. The summed E-state index contributed by atoms with van der Waals surface area (Å²) in [6.07, 6.45) is 0. The summed E-state index contributed by atoms with van der Waals surface area (Å²) >= 11 is 3.71. The molecule has 1 aliphatic heterocycles. The fourth-order valence-corrected chi connectivity index (χ4v) is 3.71. The average Bonchev–Trinajstić information content (AvgIpc) is 2.93. The van der Waals surface area contributed by atoms with E-state index in [1.807, 2.05) is 11.8 Å². The lowest BCUT2D eigenvalue weighted by molar-refractivity contribution is 0.306. The Bertz CT molecular complexity index is 397. The maximum atomic E-state index is 6.10. The number of nitrogens with zero attached hydrogens (tertiary/aromatic N) is 3. The SMILES string of the molecule is CN(C)C(CN=C(N)N1CCSCC1)c1ccsc1. The van der Waals surface area contributed by atoms with Crippen LogP contribution in [0, 0.1) is 0 Å². The predicted octanol–water partition coefficient (Wildman–Crippen LogP) is 1.71. The molecule has 0 saturated carbocycles. The molecule has 1 fully saturated rings. The van der Waals surface area contributed by atoms with Crippen LogP contribution in [-0.2, 0) is 0 Å². The highest BCUT2D eigenvalue weighted by Gasteiger charge is 2.16. The van der Waals surface area contributed by atoms with E-state index in [2.05, 4.69) is 45.7 Å². The molecular weight excluding hydrogens is 276 g/mol. The molecule has 0 spiro atoms. The molecule has 1 unspecified atom stereocenters. The van der Waals surface area contributed by atoms with Crippen molar-refractivity contribution < 1.29 is 0 Å². The molecule has 1 aromatic heterocycles. The number of hydrogen-bond donors (Lipinski definition) is 1. The van der Waals surface area contributed by atoms with Gasteiger partial charge in [0.1, 0.15) is 0 Å². The number of thiophene rings is 1. The van der Waals surface area contributed by atoms with Crippen LogP contribution >= 0.6 is 23.1 Å². The van der Waals surface area contributed by atoms with Gasteiger partial charge in [-0.05, 0) is 36.5 Å². The first-order valence-corrected chi connectivity index (χ1v) is 8.59. The van der Waals surface area contributed by atoms with Crippen LogP contribution in [0.15, 0.2) is 21.8 Å². The number of guanidine groups is 1. The molecule has 0 aromatic carbocycles. The van der Waals surface area contributed by atoms with Crippen molar-refractivity contribution in [2.24, 2.45) is 10.7 Å². The number of rotatable bonds is 4. The molecule has 2 rings (SSSR count). The van der Waals surface area contributed by atoms with Crippen molar-refractivity contribution in [3.05, 3.63) is 22.4 Å². The van der Waals surface area contributed by atoms with Gasteiger partial charge in [0.05, 0.1) is 12.6 Å². The normalized spacial score (nSPS) is 18.9. The Morgan fingerprint density at radius 2 is 2.21 bits per heavy atom. The number of thioether (sulfide) groups is 1. The topological polar surface area (TPSA) is 44.9 Å². The van der Waals surface area contributed by atoms with Crippen molar-refractivity contribution in [3.8, 4) is 0 Å².